The van der Waals surface area contributed by atoms with Crippen LogP contribution in [0.2, 0.25) is 0 Å². The second-order valence-electron chi connectivity index (χ2n) is 4.80. The molecule has 5 heteroatoms. The van der Waals surface area contributed by atoms with E-state index >= 15 is 0 Å². The summed E-state index contributed by atoms with van der Waals surface area (Å²) in [6.07, 6.45) is 1.61. The lowest BCUT2D eigenvalue weighted by Gasteiger charge is -2.13. The Kier molecular flexibility index (Phi) is 3.55. The molecule has 2 aromatic rings. The lowest BCUT2D eigenvalue weighted by molar-refractivity contribution is 0.102. The summed E-state index contributed by atoms with van der Waals surface area (Å²) >= 11 is 0. The predicted octanol–water partition coefficient (Wildman–Crippen LogP) is 2.38. The first-order valence-corrected chi connectivity index (χ1v) is 6.18. The largest absolute Gasteiger partial charge is 0.396 e. The molecular formula is C14H18N4O. The molecule has 0 aliphatic rings. The Morgan fingerprint density at radius 3 is 2.63 bits per heavy atom. The number of benzene rings is 1. The molecule has 0 atom stereocenters. The molecule has 0 radical (unpaired) electrons. The molecule has 1 aromatic carbocycles. The van der Waals surface area contributed by atoms with Gasteiger partial charge in [-0.25, -0.2) is 0 Å². The van der Waals surface area contributed by atoms with Crippen LogP contribution >= 0.6 is 0 Å². The Morgan fingerprint density at radius 1 is 1.37 bits per heavy atom. The molecule has 5 nitrogen and oxygen atoms in total. The summed E-state index contributed by atoms with van der Waals surface area (Å²) in [5.74, 6) is 0.0452. The Morgan fingerprint density at radius 2 is 2.05 bits per heavy atom. The fraction of sp³-hybridized carbons (Fsp3) is 0.286. The van der Waals surface area contributed by atoms with Gasteiger partial charge in [-0.2, -0.15) is 5.10 Å². The monoisotopic (exact) mass is 258 g/mol. The average molecular weight is 258 g/mol. The minimum Gasteiger partial charge on any atom is -0.396 e. The highest BCUT2D eigenvalue weighted by Gasteiger charge is 2.16. The number of aromatic nitrogens is 2. The summed E-state index contributed by atoms with van der Waals surface area (Å²) in [7, 11) is 1.73. The summed E-state index contributed by atoms with van der Waals surface area (Å²) in [6, 6.07) is 7.73. The van der Waals surface area contributed by atoms with Crippen molar-refractivity contribution in [2.24, 2.45) is 7.05 Å². The standard InChI is InChI=1S/C14H18N4O/c1-9(2)10-6-4-5-7-12(10)16-14(19)13-11(15)8-18(3)17-13/h4-9H,15H2,1-3H3,(H,16,19). The molecule has 3 N–H and O–H groups in total. The van der Waals surface area contributed by atoms with E-state index in [2.05, 4.69) is 24.3 Å². The van der Waals surface area contributed by atoms with Crippen molar-refractivity contribution in [2.75, 3.05) is 11.1 Å². The molecule has 0 spiro atoms. The van der Waals surface area contributed by atoms with Crippen LogP contribution in [0.5, 0.6) is 0 Å². The normalized spacial score (nSPS) is 10.7. The van der Waals surface area contributed by atoms with Crippen molar-refractivity contribution in [3.05, 3.63) is 41.7 Å². The second-order valence-corrected chi connectivity index (χ2v) is 4.80. The van der Waals surface area contributed by atoms with Gasteiger partial charge in [0.15, 0.2) is 5.69 Å². The van der Waals surface area contributed by atoms with Crippen molar-refractivity contribution in [1.82, 2.24) is 9.78 Å². The zero-order valence-electron chi connectivity index (χ0n) is 11.3. The van der Waals surface area contributed by atoms with Crippen LogP contribution < -0.4 is 11.1 Å². The van der Waals surface area contributed by atoms with E-state index in [0.29, 0.717) is 11.6 Å². The van der Waals surface area contributed by atoms with Crippen molar-refractivity contribution >= 4 is 17.3 Å². The van der Waals surface area contributed by atoms with Crippen LogP contribution in [0.4, 0.5) is 11.4 Å². The summed E-state index contributed by atoms with van der Waals surface area (Å²) in [5.41, 5.74) is 8.26. The number of hydrogen-bond acceptors (Lipinski definition) is 3. The number of anilines is 2. The molecule has 1 aromatic heterocycles. The highest BCUT2D eigenvalue weighted by Crippen LogP contribution is 2.24. The number of para-hydroxylation sites is 1. The van der Waals surface area contributed by atoms with Crippen molar-refractivity contribution < 1.29 is 4.79 Å². The van der Waals surface area contributed by atoms with Crippen LogP contribution in [0.15, 0.2) is 30.5 Å². The first-order valence-electron chi connectivity index (χ1n) is 6.18. The van der Waals surface area contributed by atoms with Gasteiger partial charge in [-0.05, 0) is 17.5 Å². The fourth-order valence-electron chi connectivity index (χ4n) is 1.98. The number of carbonyl (C=O) groups excluding carboxylic acids is 1. The third kappa shape index (κ3) is 2.76. The summed E-state index contributed by atoms with van der Waals surface area (Å²) < 4.78 is 1.53. The highest BCUT2D eigenvalue weighted by molar-refractivity contribution is 6.06. The van der Waals surface area contributed by atoms with Gasteiger partial charge in [-0.3, -0.25) is 9.48 Å². The molecule has 1 amide bonds. The maximum atomic E-state index is 12.2. The first-order chi connectivity index (χ1) is 8.99. The number of nitrogens with zero attached hydrogens (tertiary/aromatic N) is 2. The summed E-state index contributed by atoms with van der Waals surface area (Å²) in [5, 5.41) is 6.93. The molecule has 0 bridgehead atoms. The zero-order valence-corrected chi connectivity index (χ0v) is 11.3. The molecule has 1 heterocycles. The third-order valence-electron chi connectivity index (χ3n) is 2.90. The van der Waals surface area contributed by atoms with Crippen molar-refractivity contribution in [3.8, 4) is 0 Å². The maximum absolute atomic E-state index is 12.2. The lowest BCUT2D eigenvalue weighted by Crippen LogP contribution is -2.16. The fourth-order valence-corrected chi connectivity index (χ4v) is 1.98. The van der Waals surface area contributed by atoms with Crippen LogP contribution in [0.3, 0.4) is 0 Å². The number of nitrogen functional groups attached to an aromatic ring is 1. The molecule has 0 aliphatic heterocycles. The van der Waals surface area contributed by atoms with Crippen molar-refractivity contribution in [3.63, 3.8) is 0 Å². The minimum atomic E-state index is -0.286. The van der Waals surface area contributed by atoms with Crippen LogP contribution in [0, 0.1) is 0 Å². The van der Waals surface area contributed by atoms with E-state index in [9.17, 15) is 4.79 Å². The van der Waals surface area contributed by atoms with E-state index in [1.54, 1.807) is 13.2 Å². The topological polar surface area (TPSA) is 72.9 Å². The molecule has 2 rings (SSSR count). The number of nitrogens with one attached hydrogen (secondary N) is 1. The van der Waals surface area contributed by atoms with Crippen LogP contribution in [-0.4, -0.2) is 15.7 Å². The minimum absolute atomic E-state index is 0.251. The quantitative estimate of drug-likeness (QED) is 0.887. The molecule has 0 fully saturated rings. The summed E-state index contributed by atoms with van der Waals surface area (Å²) in [6.45, 7) is 4.17. The van der Waals surface area contributed by atoms with Gasteiger partial charge in [0.25, 0.3) is 5.91 Å². The van der Waals surface area contributed by atoms with E-state index in [-0.39, 0.29) is 11.6 Å². The number of carbonyl (C=O) groups is 1. The van der Waals surface area contributed by atoms with Gasteiger partial charge >= 0.3 is 0 Å². The van der Waals surface area contributed by atoms with Gasteiger partial charge in [-0.1, -0.05) is 32.0 Å². The SMILES string of the molecule is CC(C)c1ccccc1NC(=O)c1nn(C)cc1N. The third-order valence-corrected chi connectivity index (χ3v) is 2.90. The Bertz CT molecular complexity index is 601. The number of amides is 1. The Hall–Kier alpha value is -2.30. The summed E-state index contributed by atoms with van der Waals surface area (Å²) in [4.78, 5) is 12.2. The van der Waals surface area contributed by atoms with E-state index in [0.717, 1.165) is 11.3 Å². The Balaban J connectivity index is 2.27. The van der Waals surface area contributed by atoms with Gasteiger partial charge in [0.1, 0.15) is 0 Å². The average Bonchev–Trinajstić information content (AvgIpc) is 2.69. The number of nitrogens with two attached hydrogens (primary N) is 1. The second kappa shape index (κ2) is 5.14. The molecule has 0 saturated carbocycles. The van der Waals surface area contributed by atoms with Gasteiger partial charge in [0, 0.05) is 18.9 Å². The van der Waals surface area contributed by atoms with Crippen LogP contribution in [0.1, 0.15) is 35.8 Å². The Labute approximate surface area is 112 Å². The van der Waals surface area contributed by atoms with Gasteiger partial charge in [0.2, 0.25) is 0 Å². The van der Waals surface area contributed by atoms with E-state index in [4.69, 9.17) is 5.73 Å². The van der Waals surface area contributed by atoms with E-state index < -0.39 is 0 Å². The molecular weight excluding hydrogens is 240 g/mol. The van der Waals surface area contributed by atoms with Crippen molar-refractivity contribution in [1.29, 1.82) is 0 Å². The van der Waals surface area contributed by atoms with Crippen LogP contribution in [0.25, 0.3) is 0 Å². The maximum Gasteiger partial charge on any atom is 0.278 e. The van der Waals surface area contributed by atoms with Crippen molar-refractivity contribution in [2.45, 2.75) is 19.8 Å². The molecule has 0 aliphatic carbocycles. The lowest BCUT2D eigenvalue weighted by atomic mass is 10.0. The van der Waals surface area contributed by atoms with Gasteiger partial charge < -0.3 is 11.1 Å². The highest BCUT2D eigenvalue weighted by atomic mass is 16.2. The van der Waals surface area contributed by atoms with E-state index in [1.807, 2.05) is 24.3 Å². The molecule has 0 unspecified atom stereocenters. The van der Waals surface area contributed by atoms with Gasteiger partial charge in [0.05, 0.1) is 5.69 Å². The molecule has 19 heavy (non-hydrogen) atoms. The van der Waals surface area contributed by atoms with Gasteiger partial charge in [-0.15, -0.1) is 0 Å². The molecule has 100 valence electrons. The smallest absolute Gasteiger partial charge is 0.278 e. The van der Waals surface area contributed by atoms with Crippen LogP contribution in [-0.2, 0) is 7.05 Å². The predicted molar refractivity (Wildman–Crippen MR) is 76.1 cm³/mol. The zero-order chi connectivity index (χ0) is 14.0. The number of rotatable bonds is 3. The molecule has 0 saturated heterocycles. The number of aryl methyl sites for hydroxylation is 1. The first kappa shape index (κ1) is 13.1. The number of hydrogen-bond donors (Lipinski definition) is 2. The van der Waals surface area contributed by atoms with E-state index in [1.165, 1.54) is 4.68 Å².